The van der Waals surface area contributed by atoms with Crippen molar-refractivity contribution in [1.29, 1.82) is 0 Å². The Bertz CT molecular complexity index is 960. The molecule has 0 bridgehead atoms. The van der Waals surface area contributed by atoms with E-state index < -0.39 is 0 Å². The molecule has 102 valence electrons. The number of imidazole rings is 1. The van der Waals surface area contributed by atoms with Crippen molar-refractivity contribution in [3.63, 3.8) is 0 Å². The van der Waals surface area contributed by atoms with E-state index in [1.807, 2.05) is 0 Å². The molecule has 1 aliphatic carbocycles. The summed E-state index contributed by atoms with van der Waals surface area (Å²) in [6.07, 6.45) is 4.16. The maximum atomic E-state index is 4.84. The van der Waals surface area contributed by atoms with E-state index in [0.717, 1.165) is 18.4 Å². The van der Waals surface area contributed by atoms with Crippen LogP contribution in [0.5, 0.6) is 0 Å². The molecule has 3 heteroatoms. The minimum Gasteiger partial charge on any atom is -0.235 e. The van der Waals surface area contributed by atoms with E-state index in [-0.39, 0.29) is 0 Å². The highest BCUT2D eigenvalue weighted by atomic mass is 15.2. The topological polar surface area (TPSA) is 21.7 Å². The summed E-state index contributed by atoms with van der Waals surface area (Å²) in [5.41, 5.74) is 9.46. The number of aromatic nitrogens is 3. The summed E-state index contributed by atoms with van der Waals surface area (Å²) in [6.45, 7) is 2.21. The summed E-state index contributed by atoms with van der Waals surface area (Å²) in [5, 5.41) is 0. The van der Waals surface area contributed by atoms with Crippen LogP contribution >= 0.6 is 0 Å². The number of hydrogen-bond acceptors (Lipinski definition) is 1. The van der Waals surface area contributed by atoms with Crippen LogP contribution in [-0.4, -0.2) is 9.55 Å². The molecule has 0 atom stereocenters. The lowest BCUT2D eigenvalue weighted by molar-refractivity contribution is -0.647. The van der Waals surface area contributed by atoms with Gasteiger partial charge < -0.3 is 0 Å². The highest BCUT2D eigenvalue weighted by Gasteiger charge is 2.38. The second kappa shape index (κ2) is 3.61. The Kier molecular flexibility index (Phi) is 1.94. The molecule has 3 heterocycles. The average molecular weight is 274 g/mol. The highest BCUT2D eigenvalue weighted by molar-refractivity contribution is 5.87. The summed E-state index contributed by atoms with van der Waals surface area (Å²) in [5.74, 6) is 1.19. The second-order valence-corrected chi connectivity index (χ2v) is 6.11. The van der Waals surface area contributed by atoms with Gasteiger partial charge in [0.25, 0.3) is 0 Å². The Morgan fingerprint density at radius 3 is 2.95 bits per heavy atom. The molecule has 0 radical (unpaired) electrons. The molecule has 2 aromatic heterocycles. The van der Waals surface area contributed by atoms with Gasteiger partial charge in [-0.25, -0.2) is 9.55 Å². The van der Waals surface area contributed by atoms with Crippen molar-refractivity contribution < 1.29 is 4.57 Å². The van der Waals surface area contributed by atoms with E-state index in [9.17, 15) is 0 Å². The van der Waals surface area contributed by atoms with Crippen LogP contribution in [0, 0.1) is 6.92 Å². The Balaban J connectivity index is 1.89. The first-order chi connectivity index (χ1) is 10.2. The Morgan fingerprint density at radius 1 is 1.14 bits per heavy atom. The first-order valence-electron chi connectivity index (χ1n) is 7.41. The maximum Gasteiger partial charge on any atom is 0.314 e. The SMILES string of the molecule is Cc1cccc2c1C1=C(C2)Cc2nc3ccc[n+](C)c3n21. The number of pyridine rings is 1. The quantitative estimate of drug-likeness (QED) is 0.577. The molecular formula is C18H16N3+. The summed E-state index contributed by atoms with van der Waals surface area (Å²) in [7, 11) is 2.10. The second-order valence-electron chi connectivity index (χ2n) is 6.11. The Labute approximate surface area is 123 Å². The third-order valence-corrected chi connectivity index (χ3v) is 4.78. The predicted molar refractivity (Wildman–Crippen MR) is 81.8 cm³/mol. The summed E-state index contributed by atoms with van der Waals surface area (Å²) >= 11 is 0. The van der Waals surface area contributed by atoms with Gasteiger partial charge in [-0.2, -0.15) is 4.57 Å². The van der Waals surface area contributed by atoms with Crippen molar-refractivity contribution in [3.8, 4) is 0 Å². The average Bonchev–Trinajstić information content (AvgIpc) is 3.05. The molecule has 2 aliphatic rings. The van der Waals surface area contributed by atoms with Crippen LogP contribution in [-0.2, 0) is 19.9 Å². The number of nitrogens with zero attached hydrogens (tertiary/aromatic N) is 3. The Hall–Kier alpha value is -2.42. The van der Waals surface area contributed by atoms with E-state index in [2.05, 4.69) is 59.6 Å². The fraction of sp³-hybridized carbons (Fsp3) is 0.222. The molecule has 1 aliphatic heterocycles. The fourth-order valence-corrected chi connectivity index (χ4v) is 3.93. The van der Waals surface area contributed by atoms with Crippen molar-refractivity contribution in [2.75, 3.05) is 0 Å². The van der Waals surface area contributed by atoms with Gasteiger partial charge in [0.05, 0.1) is 19.7 Å². The lowest BCUT2D eigenvalue weighted by Gasteiger charge is -2.07. The van der Waals surface area contributed by atoms with Crippen LogP contribution < -0.4 is 4.57 Å². The van der Waals surface area contributed by atoms with E-state index in [1.165, 1.54) is 39.4 Å². The Morgan fingerprint density at radius 2 is 2.05 bits per heavy atom. The van der Waals surface area contributed by atoms with Gasteiger partial charge in [0, 0.05) is 5.56 Å². The standard InChI is InChI=1S/C18H16N3/c1-11-5-3-6-12-9-13-10-15-19-14-7-4-8-20(2)18(14)21(15)17(13)16(11)12/h3-8H,9-10H2,1-2H3/q+1. The van der Waals surface area contributed by atoms with Gasteiger partial charge >= 0.3 is 5.65 Å². The van der Waals surface area contributed by atoms with Crippen molar-refractivity contribution in [1.82, 2.24) is 9.55 Å². The van der Waals surface area contributed by atoms with Gasteiger partial charge in [-0.1, -0.05) is 18.2 Å². The van der Waals surface area contributed by atoms with Gasteiger partial charge in [-0.15, -0.1) is 0 Å². The van der Waals surface area contributed by atoms with Crippen LogP contribution in [0.3, 0.4) is 0 Å². The van der Waals surface area contributed by atoms with E-state index >= 15 is 0 Å². The molecule has 21 heavy (non-hydrogen) atoms. The predicted octanol–water partition coefficient (Wildman–Crippen LogP) is 2.54. The molecule has 0 saturated heterocycles. The van der Waals surface area contributed by atoms with Gasteiger partial charge in [0.1, 0.15) is 5.70 Å². The number of benzene rings is 1. The third-order valence-electron chi connectivity index (χ3n) is 4.78. The van der Waals surface area contributed by atoms with Crippen LogP contribution in [0.4, 0.5) is 0 Å². The lowest BCUT2D eigenvalue weighted by atomic mass is 10.0. The zero-order valence-electron chi connectivity index (χ0n) is 12.2. The third kappa shape index (κ3) is 1.29. The first kappa shape index (κ1) is 11.3. The van der Waals surface area contributed by atoms with Crippen LogP contribution in [0.25, 0.3) is 16.9 Å². The molecule has 0 N–H and O–H groups in total. The lowest BCUT2D eigenvalue weighted by Crippen LogP contribution is -2.30. The van der Waals surface area contributed by atoms with E-state index in [4.69, 9.17) is 4.98 Å². The van der Waals surface area contributed by atoms with Crippen LogP contribution in [0.15, 0.2) is 42.1 Å². The van der Waals surface area contributed by atoms with Crippen LogP contribution in [0.2, 0.25) is 0 Å². The van der Waals surface area contributed by atoms with Crippen molar-refractivity contribution in [3.05, 3.63) is 64.6 Å². The number of hydrogen-bond donors (Lipinski definition) is 0. The number of aryl methyl sites for hydroxylation is 2. The zero-order chi connectivity index (χ0) is 14.1. The largest absolute Gasteiger partial charge is 0.314 e. The van der Waals surface area contributed by atoms with Gasteiger partial charge in [0.15, 0.2) is 5.52 Å². The van der Waals surface area contributed by atoms with Crippen molar-refractivity contribution in [2.45, 2.75) is 19.8 Å². The summed E-state index contributed by atoms with van der Waals surface area (Å²) < 4.78 is 4.56. The minimum atomic E-state index is 0.984. The molecule has 3 nitrogen and oxygen atoms in total. The molecular weight excluding hydrogens is 258 g/mol. The fourth-order valence-electron chi connectivity index (χ4n) is 3.93. The molecule has 0 saturated carbocycles. The smallest absolute Gasteiger partial charge is 0.235 e. The van der Waals surface area contributed by atoms with Crippen molar-refractivity contribution in [2.24, 2.45) is 7.05 Å². The molecule has 0 fully saturated rings. The van der Waals surface area contributed by atoms with Gasteiger partial charge in [0.2, 0.25) is 5.82 Å². The molecule has 0 spiro atoms. The molecule has 0 unspecified atom stereocenters. The normalized spacial score (nSPS) is 15.5. The summed E-state index contributed by atoms with van der Waals surface area (Å²) in [6, 6.07) is 10.8. The van der Waals surface area contributed by atoms with E-state index in [1.54, 1.807) is 0 Å². The number of allylic oxidation sites excluding steroid dienone is 1. The molecule has 1 aromatic carbocycles. The molecule has 5 rings (SSSR count). The monoisotopic (exact) mass is 274 g/mol. The number of rotatable bonds is 0. The number of fused-ring (bicyclic) bond motifs is 6. The van der Waals surface area contributed by atoms with Gasteiger partial charge in [-0.3, -0.25) is 0 Å². The minimum absolute atomic E-state index is 0.984. The zero-order valence-corrected chi connectivity index (χ0v) is 12.2. The van der Waals surface area contributed by atoms with Crippen LogP contribution in [0.1, 0.15) is 22.5 Å². The van der Waals surface area contributed by atoms with Gasteiger partial charge in [-0.05, 0) is 42.2 Å². The maximum absolute atomic E-state index is 4.84. The van der Waals surface area contributed by atoms with E-state index in [0.29, 0.717) is 0 Å². The van der Waals surface area contributed by atoms with Crippen molar-refractivity contribution >= 4 is 16.9 Å². The molecule has 3 aromatic rings. The first-order valence-corrected chi connectivity index (χ1v) is 7.41. The molecule has 0 amide bonds. The highest BCUT2D eigenvalue weighted by Crippen LogP contribution is 2.43. The summed E-state index contributed by atoms with van der Waals surface area (Å²) in [4.78, 5) is 4.84.